The van der Waals surface area contributed by atoms with Crippen LogP contribution < -0.4 is 10.6 Å². The van der Waals surface area contributed by atoms with Gasteiger partial charge in [0.05, 0.1) is 17.1 Å². The Hall–Kier alpha value is -4.28. The average Bonchev–Trinajstić information content (AvgIpc) is 3.14. The SMILES string of the molecule is O=C(C#CCNC(=O)OCC1c2ccccc2-c2ccccc21)Nc1ccc(C(=O)O)c(Cl)c1. The fourth-order valence-electron chi connectivity index (χ4n) is 3.82. The van der Waals surface area contributed by atoms with Gasteiger partial charge in [-0.2, -0.15) is 0 Å². The molecule has 0 unspecified atom stereocenters. The summed E-state index contributed by atoms with van der Waals surface area (Å²) in [5.41, 5.74) is 4.75. The first-order valence-electron chi connectivity index (χ1n) is 10.4. The highest BCUT2D eigenvalue weighted by molar-refractivity contribution is 6.33. The van der Waals surface area contributed by atoms with E-state index in [1.165, 1.54) is 18.2 Å². The molecule has 0 heterocycles. The van der Waals surface area contributed by atoms with Gasteiger partial charge in [0.25, 0.3) is 5.91 Å². The lowest BCUT2D eigenvalue weighted by molar-refractivity contribution is -0.111. The second kappa shape index (κ2) is 10.1. The van der Waals surface area contributed by atoms with E-state index in [1.54, 1.807) is 0 Å². The maximum absolute atomic E-state index is 12.1. The summed E-state index contributed by atoms with van der Waals surface area (Å²) in [6.07, 6.45) is -0.632. The molecule has 0 atom stereocenters. The number of anilines is 1. The van der Waals surface area contributed by atoms with E-state index in [0.29, 0.717) is 5.69 Å². The highest BCUT2D eigenvalue weighted by atomic mass is 35.5. The zero-order chi connectivity index (χ0) is 24.1. The van der Waals surface area contributed by atoms with Crippen molar-refractivity contribution in [1.29, 1.82) is 0 Å². The molecule has 0 saturated carbocycles. The van der Waals surface area contributed by atoms with Crippen LogP contribution in [0.5, 0.6) is 0 Å². The molecule has 3 N–H and O–H groups in total. The number of ether oxygens (including phenoxy) is 1. The molecule has 0 aromatic heterocycles. The lowest BCUT2D eigenvalue weighted by Gasteiger charge is -2.14. The van der Waals surface area contributed by atoms with E-state index in [-0.39, 0.29) is 29.7 Å². The van der Waals surface area contributed by atoms with Crippen LogP contribution in [-0.4, -0.2) is 36.2 Å². The molecule has 3 aromatic rings. The second-order valence-corrected chi connectivity index (χ2v) is 7.84. The van der Waals surface area contributed by atoms with Crippen LogP contribution >= 0.6 is 11.6 Å². The minimum atomic E-state index is -1.16. The van der Waals surface area contributed by atoms with E-state index in [0.717, 1.165) is 22.3 Å². The lowest BCUT2D eigenvalue weighted by atomic mass is 9.98. The number of hydrogen-bond acceptors (Lipinski definition) is 4. The quantitative estimate of drug-likeness (QED) is 0.472. The van der Waals surface area contributed by atoms with Crippen molar-refractivity contribution in [2.45, 2.75) is 5.92 Å². The van der Waals surface area contributed by atoms with Gasteiger partial charge in [-0.3, -0.25) is 4.79 Å². The molecule has 0 saturated heterocycles. The maximum atomic E-state index is 12.1. The van der Waals surface area contributed by atoms with Gasteiger partial charge in [0.2, 0.25) is 0 Å². The summed E-state index contributed by atoms with van der Waals surface area (Å²) in [4.78, 5) is 35.0. The molecule has 0 spiro atoms. The van der Waals surface area contributed by atoms with Crippen LogP contribution in [0.2, 0.25) is 5.02 Å². The highest BCUT2D eigenvalue weighted by Gasteiger charge is 2.28. The van der Waals surface area contributed by atoms with Crippen molar-refractivity contribution in [2.24, 2.45) is 0 Å². The third-order valence-electron chi connectivity index (χ3n) is 5.32. The summed E-state index contributed by atoms with van der Waals surface area (Å²) >= 11 is 5.87. The summed E-state index contributed by atoms with van der Waals surface area (Å²) in [5, 5.41) is 14.0. The number of aromatic carboxylic acids is 1. The van der Waals surface area contributed by atoms with Crippen molar-refractivity contribution in [3.8, 4) is 23.0 Å². The Bertz CT molecular complexity index is 1300. The number of nitrogens with one attached hydrogen (secondary N) is 2. The third kappa shape index (κ3) is 5.03. The van der Waals surface area contributed by atoms with Crippen molar-refractivity contribution < 1.29 is 24.2 Å². The normalized spacial score (nSPS) is 11.4. The Morgan fingerprint density at radius 3 is 2.24 bits per heavy atom. The fraction of sp³-hybridized carbons (Fsp3) is 0.115. The van der Waals surface area contributed by atoms with Gasteiger partial charge < -0.3 is 20.5 Å². The van der Waals surface area contributed by atoms with Gasteiger partial charge in [-0.25, -0.2) is 9.59 Å². The molecule has 3 aromatic carbocycles. The molecule has 0 fully saturated rings. The molecule has 1 aliphatic carbocycles. The number of benzene rings is 3. The Morgan fingerprint density at radius 1 is 0.971 bits per heavy atom. The lowest BCUT2D eigenvalue weighted by Crippen LogP contribution is -2.26. The standard InChI is InChI=1S/C26H19ClN2O5/c27-23-14-16(11-12-21(23)25(31)32)29-24(30)10-5-13-28-26(33)34-15-22-19-8-3-1-6-17(19)18-7-2-4-9-20(18)22/h1-4,6-9,11-12,14,22H,13,15H2,(H,28,33)(H,29,30)(H,31,32). The molecule has 170 valence electrons. The molecular formula is C26H19ClN2O5. The van der Waals surface area contributed by atoms with E-state index < -0.39 is 18.0 Å². The van der Waals surface area contributed by atoms with E-state index in [1.807, 2.05) is 36.4 Å². The van der Waals surface area contributed by atoms with Gasteiger partial charge in [0, 0.05) is 11.6 Å². The summed E-state index contributed by atoms with van der Waals surface area (Å²) in [7, 11) is 0. The smallest absolute Gasteiger partial charge is 0.407 e. The number of carbonyl (C=O) groups excluding carboxylic acids is 2. The van der Waals surface area contributed by atoms with Crippen molar-refractivity contribution >= 4 is 35.3 Å². The molecule has 7 nitrogen and oxygen atoms in total. The van der Waals surface area contributed by atoms with Crippen molar-refractivity contribution in [3.05, 3.63) is 88.4 Å². The first-order chi connectivity index (χ1) is 16.4. The van der Waals surface area contributed by atoms with Gasteiger partial charge in [-0.15, -0.1) is 0 Å². The summed E-state index contributed by atoms with van der Waals surface area (Å²) in [5.74, 6) is 3.03. The van der Waals surface area contributed by atoms with Crippen molar-refractivity contribution in [3.63, 3.8) is 0 Å². The molecule has 34 heavy (non-hydrogen) atoms. The number of alkyl carbamates (subject to hydrolysis) is 1. The molecular weight excluding hydrogens is 456 g/mol. The monoisotopic (exact) mass is 474 g/mol. The minimum Gasteiger partial charge on any atom is -0.478 e. The number of halogens is 1. The summed E-state index contributed by atoms with van der Waals surface area (Å²) < 4.78 is 5.41. The predicted octanol–water partition coefficient (Wildman–Crippen LogP) is 4.52. The molecule has 2 amide bonds. The van der Waals surface area contributed by atoms with Gasteiger partial charge in [0.1, 0.15) is 6.61 Å². The van der Waals surface area contributed by atoms with E-state index >= 15 is 0 Å². The molecule has 4 rings (SSSR count). The van der Waals surface area contributed by atoms with Crippen molar-refractivity contribution in [1.82, 2.24) is 5.32 Å². The maximum Gasteiger partial charge on any atom is 0.407 e. The second-order valence-electron chi connectivity index (χ2n) is 7.43. The number of amides is 2. The van der Waals surface area contributed by atoms with Gasteiger partial charge in [-0.1, -0.05) is 66.1 Å². The third-order valence-corrected chi connectivity index (χ3v) is 5.64. The molecule has 0 aliphatic heterocycles. The first-order valence-corrected chi connectivity index (χ1v) is 10.7. The van der Waals surface area contributed by atoms with E-state index in [2.05, 4.69) is 34.6 Å². The Kier molecular flexibility index (Phi) is 6.81. The predicted molar refractivity (Wildman–Crippen MR) is 128 cm³/mol. The van der Waals surface area contributed by atoms with Gasteiger partial charge >= 0.3 is 12.1 Å². The zero-order valence-corrected chi connectivity index (χ0v) is 18.6. The number of rotatable bonds is 5. The zero-order valence-electron chi connectivity index (χ0n) is 17.8. The summed E-state index contributed by atoms with van der Waals surface area (Å²) in [6.45, 7) is 0.101. The van der Waals surface area contributed by atoms with Crippen LogP contribution in [0, 0.1) is 11.8 Å². The molecule has 1 aliphatic rings. The Labute approximate surface area is 200 Å². The Balaban J connectivity index is 1.27. The number of carboxylic acids is 1. The first kappa shape index (κ1) is 22.9. The van der Waals surface area contributed by atoms with Crippen LogP contribution in [0.1, 0.15) is 27.4 Å². The van der Waals surface area contributed by atoms with Crippen LogP contribution in [0.15, 0.2) is 66.7 Å². The molecule has 0 bridgehead atoms. The average molecular weight is 475 g/mol. The van der Waals surface area contributed by atoms with E-state index in [4.69, 9.17) is 21.4 Å². The number of carboxylic acid groups (broad SMARTS) is 1. The topological polar surface area (TPSA) is 105 Å². The molecule has 0 radical (unpaired) electrons. The van der Waals surface area contributed by atoms with Crippen LogP contribution in [0.25, 0.3) is 11.1 Å². The minimum absolute atomic E-state index is 0.00446. The Morgan fingerprint density at radius 2 is 1.62 bits per heavy atom. The van der Waals surface area contributed by atoms with Crippen LogP contribution in [0.3, 0.4) is 0 Å². The summed E-state index contributed by atoms with van der Waals surface area (Å²) in [6, 6.07) is 20.1. The number of hydrogen-bond donors (Lipinski definition) is 3. The molecule has 8 heteroatoms. The van der Waals surface area contributed by atoms with Crippen LogP contribution in [0.4, 0.5) is 10.5 Å². The van der Waals surface area contributed by atoms with Crippen molar-refractivity contribution in [2.75, 3.05) is 18.5 Å². The number of carbonyl (C=O) groups is 3. The van der Waals surface area contributed by atoms with Gasteiger partial charge in [-0.05, 0) is 46.4 Å². The fourth-order valence-corrected chi connectivity index (χ4v) is 4.08. The number of fused-ring (bicyclic) bond motifs is 3. The van der Waals surface area contributed by atoms with Crippen LogP contribution in [-0.2, 0) is 9.53 Å². The highest BCUT2D eigenvalue weighted by Crippen LogP contribution is 2.44. The van der Waals surface area contributed by atoms with Gasteiger partial charge in [0.15, 0.2) is 0 Å². The largest absolute Gasteiger partial charge is 0.478 e. The van der Waals surface area contributed by atoms with E-state index in [9.17, 15) is 14.4 Å².